The number of para-hydroxylation sites is 1. The number of nitrogens with zero attached hydrogens (tertiary/aromatic N) is 1. The van der Waals surface area contributed by atoms with E-state index in [0.717, 1.165) is 22.6 Å². The highest BCUT2D eigenvalue weighted by molar-refractivity contribution is 5.77. The Morgan fingerprint density at radius 1 is 0.543 bits per heavy atom. The number of fused-ring (bicyclic) bond motifs is 8. The van der Waals surface area contributed by atoms with E-state index in [4.69, 9.17) is 4.74 Å². The molecule has 7 rings (SSSR count). The third-order valence-corrected chi connectivity index (χ3v) is 7.90. The molecule has 0 saturated heterocycles. The van der Waals surface area contributed by atoms with Crippen LogP contribution in [0, 0.1) is 0 Å². The lowest BCUT2D eigenvalue weighted by Gasteiger charge is -2.50. The Labute approximate surface area is 205 Å². The van der Waals surface area contributed by atoms with Gasteiger partial charge in [0, 0.05) is 34.5 Å². The molecule has 1 spiro atoms. The summed E-state index contributed by atoms with van der Waals surface area (Å²) in [5.41, 5.74) is 9.36. The van der Waals surface area contributed by atoms with Crippen molar-refractivity contribution in [3.05, 3.63) is 149 Å². The molecule has 0 unspecified atom stereocenters. The van der Waals surface area contributed by atoms with Crippen LogP contribution in [0.4, 0.5) is 0 Å². The monoisotopic (exact) mass is 451 g/mol. The average molecular weight is 452 g/mol. The van der Waals surface area contributed by atoms with Gasteiger partial charge in [0.25, 0.3) is 0 Å². The highest BCUT2D eigenvalue weighted by Crippen LogP contribution is 2.61. The van der Waals surface area contributed by atoms with Crippen molar-refractivity contribution < 1.29 is 4.74 Å². The minimum atomic E-state index is -0.458. The lowest BCUT2D eigenvalue weighted by atomic mass is 9.53. The van der Waals surface area contributed by atoms with Crippen molar-refractivity contribution in [1.82, 2.24) is 4.98 Å². The van der Waals surface area contributed by atoms with E-state index in [-0.39, 0.29) is 5.41 Å². The fourth-order valence-corrected chi connectivity index (χ4v) is 6.34. The van der Waals surface area contributed by atoms with Crippen molar-refractivity contribution in [3.8, 4) is 22.6 Å². The van der Waals surface area contributed by atoms with Crippen LogP contribution in [0.3, 0.4) is 0 Å². The molecule has 35 heavy (non-hydrogen) atoms. The number of benzene rings is 4. The van der Waals surface area contributed by atoms with Crippen LogP contribution >= 0.6 is 0 Å². The van der Waals surface area contributed by atoms with Gasteiger partial charge in [-0.05, 0) is 46.0 Å². The maximum Gasteiger partial charge on any atom is 0.132 e. The zero-order chi connectivity index (χ0) is 23.6. The number of rotatable bonds is 1. The van der Waals surface area contributed by atoms with Gasteiger partial charge in [-0.2, -0.15) is 0 Å². The van der Waals surface area contributed by atoms with Crippen LogP contribution in [0.2, 0.25) is 0 Å². The highest BCUT2D eigenvalue weighted by atomic mass is 16.5. The van der Waals surface area contributed by atoms with Gasteiger partial charge in [-0.3, -0.25) is 4.98 Å². The molecule has 0 bridgehead atoms. The first kappa shape index (κ1) is 20.2. The molecule has 2 heterocycles. The van der Waals surface area contributed by atoms with Gasteiger partial charge < -0.3 is 4.74 Å². The largest absolute Gasteiger partial charge is 0.457 e. The van der Waals surface area contributed by atoms with Gasteiger partial charge in [0.1, 0.15) is 11.5 Å². The summed E-state index contributed by atoms with van der Waals surface area (Å²) in [7, 11) is 0. The Bertz CT molecular complexity index is 1550. The average Bonchev–Trinajstić information content (AvgIpc) is 2.91. The molecule has 0 saturated carbocycles. The van der Waals surface area contributed by atoms with Crippen molar-refractivity contribution in [3.63, 3.8) is 0 Å². The molecule has 1 aliphatic carbocycles. The lowest BCUT2D eigenvalue weighted by molar-refractivity contribution is 0.425. The first-order chi connectivity index (χ1) is 17.1. The first-order valence-corrected chi connectivity index (χ1v) is 12.1. The van der Waals surface area contributed by atoms with Crippen molar-refractivity contribution in [1.29, 1.82) is 0 Å². The number of ether oxygens (including phenoxy) is 1. The summed E-state index contributed by atoms with van der Waals surface area (Å²) in [5.74, 6) is 1.81. The van der Waals surface area contributed by atoms with E-state index in [1.807, 2.05) is 12.3 Å². The Hall–Kier alpha value is -4.17. The second kappa shape index (κ2) is 7.16. The molecule has 2 heteroatoms. The summed E-state index contributed by atoms with van der Waals surface area (Å²) in [6.07, 6.45) is 3.71. The van der Waals surface area contributed by atoms with Gasteiger partial charge in [-0.1, -0.05) is 98.8 Å². The van der Waals surface area contributed by atoms with E-state index in [2.05, 4.69) is 116 Å². The van der Waals surface area contributed by atoms with Gasteiger partial charge in [0.15, 0.2) is 0 Å². The molecular weight excluding hydrogens is 426 g/mol. The van der Waals surface area contributed by atoms with Crippen LogP contribution in [-0.4, -0.2) is 4.98 Å². The van der Waals surface area contributed by atoms with E-state index in [1.54, 1.807) is 6.20 Å². The second-order valence-electron chi connectivity index (χ2n) is 10.0. The molecule has 2 nitrogen and oxygen atoms in total. The first-order valence-electron chi connectivity index (χ1n) is 12.1. The standard InChI is InChI=1S/C33H25NO/c1-32(2)24-11-3-5-13-26(24)33(27-14-6-4-12-25(27)32)28-15-7-8-16-30(28)35-31-20-22(17-18-29(31)33)23-10-9-19-34-21-23/h3-21H,1-2H3. The van der Waals surface area contributed by atoms with Crippen LogP contribution in [0.15, 0.2) is 116 Å². The minimum absolute atomic E-state index is 0.110. The SMILES string of the molecule is CC1(C)c2ccccc2C2(c3ccccc3Oc3cc(-c4cccnc4)ccc32)c2ccccc21. The Morgan fingerprint density at radius 2 is 1.14 bits per heavy atom. The molecule has 0 radical (unpaired) electrons. The van der Waals surface area contributed by atoms with Gasteiger partial charge in [0.2, 0.25) is 0 Å². The normalized spacial score (nSPS) is 15.8. The Morgan fingerprint density at radius 3 is 1.80 bits per heavy atom. The molecule has 1 aromatic heterocycles. The quantitative estimate of drug-likeness (QED) is 0.254. The summed E-state index contributed by atoms with van der Waals surface area (Å²) < 4.78 is 6.63. The predicted molar refractivity (Wildman–Crippen MR) is 140 cm³/mol. The third-order valence-electron chi connectivity index (χ3n) is 7.90. The number of aromatic nitrogens is 1. The fourth-order valence-electron chi connectivity index (χ4n) is 6.34. The summed E-state index contributed by atoms with van der Waals surface area (Å²) in [4.78, 5) is 4.33. The lowest BCUT2D eigenvalue weighted by Crippen LogP contribution is -2.43. The summed E-state index contributed by atoms with van der Waals surface area (Å²) in [6, 6.07) is 37.1. The summed E-state index contributed by atoms with van der Waals surface area (Å²) in [6.45, 7) is 4.68. The predicted octanol–water partition coefficient (Wildman–Crippen LogP) is 7.88. The van der Waals surface area contributed by atoms with Crippen LogP contribution in [-0.2, 0) is 10.8 Å². The van der Waals surface area contributed by atoms with E-state index in [0.29, 0.717) is 0 Å². The highest BCUT2D eigenvalue weighted by Gasteiger charge is 2.52. The molecular formula is C33H25NO. The van der Waals surface area contributed by atoms with Crippen molar-refractivity contribution in [2.45, 2.75) is 24.7 Å². The number of hydrogen-bond acceptors (Lipinski definition) is 2. The smallest absolute Gasteiger partial charge is 0.132 e. The molecule has 0 N–H and O–H groups in total. The molecule has 5 aromatic rings. The Kier molecular flexibility index (Phi) is 4.14. The number of hydrogen-bond donors (Lipinski definition) is 0. The molecule has 168 valence electrons. The summed E-state index contributed by atoms with van der Waals surface area (Å²) in [5, 5.41) is 0. The maximum atomic E-state index is 6.63. The van der Waals surface area contributed by atoms with Crippen molar-refractivity contribution in [2.24, 2.45) is 0 Å². The van der Waals surface area contributed by atoms with Crippen molar-refractivity contribution in [2.75, 3.05) is 0 Å². The van der Waals surface area contributed by atoms with Gasteiger partial charge in [0.05, 0.1) is 5.41 Å². The Balaban J connectivity index is 1.63. The molecule has 1 aliphatic heterocycles. The van der Waals surface area contributed by atoms with Crippen LogP contribution < -0.4 is 4.74 Å². The molecule has 4 aromatic carbocycles. The molecule has 0 amide bonds. The van der Waals surface area contributed by atoms with Gasteiger partial charge in [-0.15, -0.1) is 0 Å². The van der Waals surface area contributed by atoms with Crippen LogP contribution in [0.25, 0.3) is 11.1 Å². The van der Waals surface area contributed by atoms with E-state index < -0.39 is 5.41 Å². The molecule has 2 aliphatic rings. The zero-order valence-electron chi connectivity index (χ0n) is 19.8. The topological polar surface area (TPSA) is 22.1 Å². The summed E-state index contributed by atoms with van der Waals surface area (Å²) >= 11 is 0. The maximum absolute atomic E-state index is 6.63. The number of pyridine rings is 1. The van der Waals surface area contributed by atoms with Gasteiger partial charge in [-0.25, -0.2) is 0 Å². The van der Waals surface area contributed by atoms with Crippen LogP contribution in [0.1, 0.15) is 47.2 Å². The third kappa shape index (κ3) is 2.62. The minimum Gasteiger partial charge on any atom is -0.457 e. The van der Waals surface area contributed by atoms with E-state index in [9.17, 15) is 0 Å². The van der Waals surface area contributed by atoms with Crippen molar-refractivity contribution >= 4 is 0 Å². The van der Waals surface area contributed by atoms with Crippen LogP contribution in [0.5, 0.6) is 11.5 Å². The van der Waals surface area contributed by atoms with E-state index in [1.165, 1.54) is 33.4 Å². The van der Waals surface area contributed by atoms with E-state index >= 15 is 0 Å². The molecule has 0 fully saturated rings. The second-order valence-corrected chi connectivity index (χ2v) is 10.0. The fraction of sp³-hybridized carbons (Fsp3) is 0.121. The zero-order valence-corrected chi connectivity index (χ0v) is 19.8. The van der Waals surface area contributed by atoms with Gasteiger partial charge >= 0.3 is 0 Å². The molecule has 0 atom stereocenters.